The van der Waals surface area contributed by atoms with Crippen molar-refractivity contribution in [2.24, 2.45) is 5.41 Å². The van der Waals surface area contributed by atoms with Crippen LogP contribution in [0.15, 0.2) is 0 Å². The molecule has 0 bridgehead atoms. The zero-order chi connectivity index (χ0) is 13.9. The number of sulfone groups is 1. The Bertz CT molecular complexity index is 426. The number of rotatable bonds is 6. The maximum absolute atomic E-state index is 11.8. The van der Waals surface area contributed by atoms with Gasteiger partial charge in [-0.25, -0.2) is 8.42 Å². The number of hydrogen-bond acceptors (Lipinski definition) is 5. The zero-order valence-electron chi connectivity index (χ0n) is 11.3. The smallest absolute Gasteiger partial charge is 0.221 e. The first-order chi connectivity index (χ1) is 8.89. The van der Waals surface area contributed by atoms with E-state index in [1.807, 2.05) is 11.8 Å². The molecule has 2 fully saturated rings. The molecule has 1 heterocycles. The van der Waals surface area contributed by atoms with Crippen LogP contribution in [0.3, 0.4) is 0 Å². The van der Waals surface area contributed by atoms with E-state index in [1.165, 1.54) is 6.26 Å². The Morgan fingerprint density at radius 1 is 1.47 bits per heavy atom. The summed E-state index contributed by atoms with van der Waals surface area (Å²) in [6, 6.07) is 0.254. The van der Waals surface area contributed by atoms with E-state index in [4.69, 9.17) is 0 Å². The second-order valence-electron chi connectivity index (χ2n) is 5.78. The molecule has 5 nitrogen and oxygen atoms in total. The van der Waals surface area contributed by atoms with Crippen molar-refractivity contribution in [1.82, 2.24) is 10.6 Å². The predicted octanol–water partition coefficient (Wildman–Crippen LogP) is 0.0225. The van der Waals surface area contributed by atoms with Crippen LogP contribution in [0.5, 0.6) is 0 Å². The predicted molar refractivity (Wildman–Crippen MR) is 78.1 cm³/mol. The molecule has 0 spiro atoms. The van der Waals surface area contributed by atoms with Gasteiger partial charge in [-0.05, 0) is 12.8 Å². The van der Waals surface area contributed by atoms with Gasteiger partial charge in [-0.3, -0.25) is 4.79 Å². The summed E-state index contributed by atoms with van der Waals surface area (Å²) >= 11 is 1.87. The molecule has 7 heteroatoms. The topological polar surface area (TPSA) is 75.3 Å². The third-order valence-electron chi connectivity index (χ3n) is 3.62. The standard InChI is InChI=1S/C12H22N2O3S2/c1-19(16,17)9-12(2-3-12)8-14-11(15)6-10-7-18-5-4-13-10/h10,13H,2-9H2,1H3,(H,14,15). The van der Waals surface area contributed by atoms with Crippen LogP contribution in [0.4, 0.5) is 0 Å². The summed E-state index contributed by atoms with van der Waals surface area (Å²) in [5.41, 5.74) is -0.183. The number of amides is 1. The average Bonchev–Trinajstić information content (AvgIpc) is 3.06. The van der Waals surface area contributed by atoms with Gasteiger partial charge in [0.1, 0.15) is 9.84 Å². The van der Waals surface area contributed by atoms with Crippen LogP contribution in [-0.4, -0.2) is 57.0 Å². The molecule has 1 aliphatic carbocycles. The second-order valence-corrected chi connectivity index (χ2v) is 9.07. The van der Waals surface area contributed by atoms with Crippen molar-refractivity contribution in [3.05, 3.63) is 0 Å². The highest BCUT2D eigenvalue weighted by Gasteiger charge is 2.45. The van der Waals surface area contributed by atoms with Crippen LogP contribution in [0.2, 0.25) is 0 Å². The van der Waals surface area contributed by atoms with Gasteiger partial charge in [0.15, 0.2) is 0 Å². The van der Waals surface area contributed by atoms with E-state index < -0.39 is 9.84 Å². The molecular formula is C12H22N2O3S2. The quantitative estimate of drug-likeness (QED) is 0.724. The molecule has 2 rings (SSSR count). The van der Waals surface area contributed by atoms with E-state index in [9.17, 15) is 13.2 Å². The van der Waals surface area contributed by atoms with Gasteiger partial charge in [0.05, 0.1) is 5.75 Å². The molecule has 1 amide bonds. The molecule has 1 saturated carbocycles. The lowest BCUT2D eigenvalue weighted by Gasteiger charge is -2.23. The van der Waals surface area contributed by atoms with E-state index in [1.54, 1.807) is 0 Å². The van der Waals surface area contributed by atoms with Crippen molar-refractivity contribution in [2.75, 3.05) is 36.6 Å². The fourth-order valence-electron chi connectivity index (χ4n) is 2.44. The van der Waals surface area contributed by atoms with Crippen molar-refractivity contribution in [3.8, 4) is 0 Å². The van der Waals surface area contributed by atoms with Crippen molar-refractivity contribution in [3.63, 3.8) is 0 Å². The molecule has 2 aliphatic rings. The second kappa shape index (κ2) is 6.01. The molecule has 19 heavy (non-hydrogen) atoms. The molecule has 0 aromatic rings. The van der Waals surface area contributed by atoms with Gasteiger partial charge in [-0.15, -0.1) is 0 Å². The minimum absolute atomic E-state index is 0.0276. The Kier molecular flexibility index (Phi) is 4.79. The van der Waals surface area contributed by atoms with Gasteiger partial charge in [-0.1, -0.05) is 0 Å². The van der Waals surface area contributed by atoms with E-state index in [0.29, 0.717) is 13.0 Å². The molecule has 0 aromatic heterocycles. The summed E-state index contributed by atoms with van der Waals surface area (Å²) in [4.78, 5) is 11.8. The molecule has 0 radical (unpaired) electrons. The van der Waals surface area contributed by atoms with Gasteiger partial charge in [0.25, 0.3) is 0 Å². The lowest BCUT2D eigenvalue weighted by Crippen LogP contribution is -2.42. The van der Waals surface area contributed by atoms with Crippen LogP contribution in [-0.2, 0) is 14.6 Å². The van der Waals surface area contributed by atoms with Gasteiger partial charge in [-0.2, -0.15) is 11.8 Å². The number of carbonyl (C=O) groups excluding carboxylic acids is 1. The zero-order valence-corrected chi connectivity index (χ0v) is 12.9. The van der Waals surface area contributed by atoms with Gasteiger partial charge >= 0.3 is 0 Å². The molecule has 1 aliphatic heterocycles. The fourth-order valence-corrected chi connectivity index (χ4v) is 4.89. The van der Waals surface area contributed by atoms with E-state index in [0.717, 1.165) is 30.9 Å². The number of carbonyl (C=O) groups is 1. The largest absolute Gasteiger partial charge is 0.355 e. The van der Waals surface area contributed by atoms with Crippen molar-refractivity contribution in [2.45, 2.75) is 25.3 Å². The summed E-state index contributed by atoms with van der Waals surface area (Å²) in [7, 11) is -2.96. The first-order valence-corrected chi connectivity index (χ1v) is 9.86. The lowest BCUT2D eigenvalue weighted by molar-refractivity contribution is -0.121. The third kappa shape index (κ3) is 5.31. The van der Waals surface area contributed by atoms with E-state index in [2.05, 4.69) is 10.6 Å². The summed E-state index contributed by atoms with van der Waals surface area (Å²) in [6.45, 7) is 1.46. The molecular weight excluding hydrogens is 284 g/mol. The minimum atomic E-state index is -2.96. The van der Waals surface area contributed by atoms with E-state index in [-0.39, 0.29) is 23.1 Å². The Hall–Kier alpha value is -0.270. The molecule has 0 aromatic carbocycles. The van der Waals surface area contributed by atoms with Crippen molar-refractivity contribution >= 4 is 27.5 Å². The van der Waals surface area contributed by atoms with Gasteiger partial charge in [0.2, 0.25) is 5.91 Å². The SMILES string of the molecule is CS(=O)(=O)CC1(CNC(=O)CC2CSCCN2)CC1. The number of thioether (sulfide) groups is 1. The van der Waals surface area contributed by atoms with Crippen molar-refractivity contribution in [1.29, 1.82) is 0 Å². The summed E-state index contributed by atoms with van der Waals surface area (Å²) < 4.78 is 22.6. The first kappa shape index (κ1) is 15.1. The van der Waals surface area contributed by atoms with E-state index >= 15 is 0 Å². The Morgan fingerprint density at radius 2 is 2.21 bits per heavy atom. The molecule has 2 N–H and O–H groups in total. The summed E-state index contributed by atoms with van der Waals surface area (Å²) in [5.74, 6) is 2.30. The minimum Gasteiger partial charge on any atom is -0.355 e. The number of nitrogens with one attached hydrogen (secondary N) is 2. The van der Waals surface area contributed by atoms with Gasteiger partial charge in [0, 0.05) is 48.7 Å². The molecule has 1 saturated heterocycles. The maximum atomic E-state index is 11.8. The van der Waals surface area contributed by atoms with Crippen LogP contribution in [0, 0.1) is 5.41 Å². The van der Waals surface area contributed by atoms with Crippen LogP contribution < -0.4 is 10.6 Å². The van der Waals surface area contributed by atoms with Crippen molar-refractivity contribution < 1.29 is 13.2 Å². The molecule has 1 unspecified atom stereocenters. The maximum Gasteiger partial charge on any atom is 0.221 e. The lowest BCUT2D eigenvalue weighted by atomic mass is 10.1. The summed E-state index contributed by atoms with van der Waals surface area (Å²) in [5, 5.41) is 6.23. The molecule has 1 atom stereocenters. The van der Waals surface area contributed by atoms with Crippen LogP contribution in [0.25, 0.3) is 0 Å². The fraction of sp³-hybridized carbons (Fsp3) is 0.917. The Balaban J connectivity index is 1.71. The normalized spacial score (nSPS) is 25.8. The molecule has 110 valence electrons. The highest BCUT2D eigenvalue weighted by Crippen LogP contribution is 2.46. The highest BCUT2D eigenvalue weighted by molar-refractivity contribution is 7.99. The monoisotopic (exact) mass is 306 g/mol. The Labute approximate surface area is 119 Å². The Morgan fingerprint density at radius 3 is 2.74 bits per heavy atom. The van der Waals surface area contributed by atoms with Gasteiger partial charge < -0.3 is 10.6 Å². The van der Waals surface area contributed by atoms with Crippen LogP contribution in [0.1, 0.15) is 19.3 Å². The first-order valence-electron chi connectivity index (χ1n) is 6.64. The number of hydrogen-bond donors (Lipinski definition) is 2. The summed E-state index contributed by atoms with van der Waals surface area (Å²) in [6.07, 6.45) is 3.55. The third-order valence-corrected chi connectivity index (χ3v) is 5.88. The highest BCUT2D eigenvalue weighted by atomic mass is 32.2. The van der Waals surface area contributed by atoms with Crippen LogP contribution >= 0.6 is 11.8 Å². The average molecular weight is 306 g/mol.